The molecule has 1 saturated heterocycles. The third-order valence-electron chi connectivity index (χ3n) is 4.94. The van der Waals surface area contributed by atoms with Gasteiger partial charge in [-0.25, -0.2) is 9.37 Å². The first-order chi connectivity index (χ1) is 12.6. The summed E-state index contributed by atoms with van der Waals surface area (Å²) in [6.07, 6.45) is 3.76. The molecule has 1 aromatic carbocycles. The predicted molar refractivity (Wildman–Crippen MR) is 97.6 cm³/mol. The van der Waals surface area contributed by atoms with Gasteiger partial charge in [0.15, 0.2) is 0 Å². The molecule has 0 atom stereocenters. The Morgan fingerprint density at radius 3 is 2.62 bits per heavy atom. The SMILES string of the molecule is Cc1ccc(N2CCC(c3nc(-c4ccc(C)c(F)c4)no3)CC2)nc1. The molecule has 3 heterocycles. The molecule has 0 aliphatic carbocycles. The number of piperidine rings is 1. The molecule has 1 aliphatic heterocycles. The molecule has 5 nitrogen and oxygen atoms in total. The highest BCUT2D eigenvalue weighted by Gasteiger charge is 2.26. The molecule has 0 N–H and O–H groups in total. The van der Waals surface area contributed by atoms with Gasteiger partial charge in [-0.2, -0.15) is 4.98 Å². The zero-order valence-electron chi connectivity index (χ0n) is 14.9. The molecule has 0 unspecified atom stereocenters. The quantitative estimate of drug-likeness (QED) is 0.704. The average Bonchev–Trinajstić information content (AvgIpc) is 3.15. The van der Waals surface area contributed by atoms with Crippen molar-refractivity contribution >= 4 is 5.82 Å². The van der Waals surface area contributed by atoms with Gasteiger partial charge in [0.05, 0.1) is 0 Å². The van der Waals surface area contributed by atoms with Crippen molar-refractivity contribution in [2.45, 2.75) is 32.6 Å². The van der Waals surface area contributed by atoms with Crippen LogP contribution < -0.4 is 4.90 Å². The maximum Gasteiger partial charge on any atom is 0.230 e. The molecular weight excluding hydrogens is 331 g/mol. The summed E-state index contributed by atoms with van der Waals surface area (Å²) in [5.41, 5.74) is 2.41. The lowest BCUT2D eigenvalue weighted by atomic mass is 9.96. The maximum absolute atomic E-state index is 13.8. The smallest absolute Gasteiger partial charge is 0.230 e. The lowest BCUT2D eigenvalue weighted by molar-refractivity contribution is 0.329. The molecule has 0 saturated carbocycles. The Balaban J connectivity index is 1.44. The van der Waals surface area contributed by atoms with Gasteiger partial charge in [-0.3, -0.25) is 0 Å². The van der Waals surface area contributed by atoms with Gasteiger partial charge in [0.25, 0.3) is 0 Å². The molecule has 1 aliphatic rings. The summed E-state index contributed by atoms with van der Waals surface area (Å²) in [7, 11) is 0. The molecule has 4 rings (SSSR count). The topological polar surface area (TPSA) is 55.1 Å². The van der Waals surface area contributed by atoms with E-state index in [0.29, 0.717) is 22.8 Å². The van der Waals surface area contributed by atoms with Crippen LogP contribution in [0.25, 0.3) is 11.4 Å². The summed E-state index contributed by atoms with van der Waals surface area (Å²) >= 11 is 0. The van der Waals surface area contributed by atoms with Gasteiger partial charge in [0.2, 0.25) is 11.7 Å². The van der Waals surface area contributed by atoms with E-state index in [1.54, 1.807) is 13.0 Å². The van der Waals surface area contributed by atoms with Crippen LogP contribution in [0.5, 0.6) is 0 Å². The van der Waals surface area contributed by atoms with Gasteiger partial charge >= 0.3 is 0 Å². The Labute approximate surface area is 151 Å². The van der Waals surface area contributed by atoms with Crippen LogP contribution in [0, 0.1) is 19.7 Å². The second-order valence-corrected chi connectivity index (χ2v) is 6.88. The maximum atomic E-state index is 13.8. The van der Waals surface area contributed by atoms with E-state index in [9.17, 15) is 4.39 Å². The van der Waals surface area contributed by atoms with E-state index in [4.69, 9.17) is 4.52 Å². The third-order valence-corrected chi connectivity index (χ3v) is 4.94. The predicted octanol–water partition coefficient (Wildman–Crippen LogP) is 4.27. The zero-order chi connectivity index (χ0) is 18.1. The molecule has 0 amide bonds. The van der Waals surface area contributed by atoms with Crippen molar-refractivity contribution < 1.29 is 8.91 Å². The highest BCUT2D eigenvalue weighted by Crippen LogP contribution is 2.30. The van der Waals surface area contributed by atoms with Crippen LogP contribution in [-0.2, 0) is 0 Å². The summed E-state index contributed by atoms with van der Waals surface area (Å²) in [6, 6.07) is 9.15. The van der Waals surface area contributed by atoms with Crippen LogP contribution >= 0.6 is 0 Å². The number of aryl methyl sites for hydroxylation is 2. The Morgan fingerprint density at radius 1 is 1.12 bits per heavy atom. The fourth-order valence-electron chi connectivity index (χ4n) is 3.25. The van der Waals surface area contributed by atoms with E-state index in [1.807, 2.05) is 19.2 Å². The number of anilines is 1. The molecule has 26 heavy (non-hydrogen) atoms. The highest BCUT2D eigenvalue weighted by atomic mass is 19.1. The molecule has 1 fully saturated rings. The van der Waals surface area contributed by atoms with Gasteiger partial charge in [0.1, 0.15) is 11.6 Å². The Hall–Kier alpha value is -2.76. The van der Waals surface area contributed by atoms with Gasteiger partial charge in [-0.05, 0) is 49.9 Å². The number of aromatic nitrogens is 3. The first-order valence-electron chi connectivity index (χ1n) is 8.88. The summed E-state index contributed by atoms with van der Waals surface area (Å²) in [6.45, 7) is 5.57. The fourth-order valence-corrected chi connectivity index (χ4v) is 3.25. The average molecular weight is 352 g/mol. The number of pyridine rings is 1. The van der Waals surface area contributed by atoms with Gasteiger partial charge < -0.3 is 9.42 Å². The van der Waals surface area contributed by atoms with Crippen LogP contribution in [0.1, 0.15) is 35.8 Å². The van der Waals surface area contributed by atoms with E-state index in [-0.39, 0.29) is 11.7 Å². The first-order valence-corrected chi connectivity index (χ1v) is 8.88. The Bertz CT molecular complexity index is 898. The van der Waals surface area contributed by atoms with Crippen LogP contribution in [-0.4, -0.2) is 28.2 Å². The van der Waals surface area contributed by atoms with Crippen LogP contribution in [0.4, 0.5) is 10.2 Å². The van der Waals surface area contributed by atoms with E-state index >= 15 is 0 Å². The standard InChI is InChI=1S/C20H21FN4O/c1-13-3-6-18(22-12-13)25-9-7-15(8-10-25)20-23-19(24-26-20)16-5-4-14(2)17(21)11-16/h3-6,11-12,15H,7-10H2,1-2H3. The van der Waals surface area contributed by atoms with Crippen molar-refractivity contribution in [1.29, 1.82) is 0 Å². The minimum atomic E-state index is -0.257. The first kappa shape index (κ1) is 16.7. The van der Waals surface area contributed by atoms with Crippen LogP contribution in [0.3, 0.4) is 0 Å². The van der Waals surface area contributed by atoms with Crippen molar-refractivity contribution in [3.8, 4) is 11.4 Å². The van der Waals surface area contributed by atoms with Gasteiger partial charge in [0, 0.05) is 30.8 Å². The molecule has 134 valence electrons. The second-order valence-electron chi connectivity index (χ2n) is 6.88. The Kier molecular flexibility index (Phi) is 4.41. The number of halogens is 1. The van der Waals surface area contributed by atoms with Crippen LogP contribution in [0.15, 0.2) is 41.1 Å². The van der Waals surface area contributed by atoms with Crippen molar-refractivity contribution in [3.05, 3.63) is 59.4 Å². The molecule has 0 spiro atoms. The minimum Gasteiger partial charge on any atom is -0.357 e. The molecule has 0 bridgehead atoms. The van der Waals surface area contributed by atoms with Crippen LogP contribution in [0.2, 0.25) is 0 Å². The number of rotatable bonds is 3. The fraction of sp³-hybridized carbons (Fsp3) is 0.350. The lowest BCUT2D eigenvalue weighted by Crippen LogP contribution is -2.33. The number of nitrogens with zero attached hydrogens (tertiary/aromatic N) is 4. The third kappa shape index (κ3) is 3.31. The summed E-state index contributed by atoms with van der Waals surface area (Å²) in [5, 5.41) is 4.04. The second kappa shape index (κ2) is 6.86. The van der Waals surface area contributed by atoms with E-state index < -0.39 is 0 Å². The monoisotopic (exact) mass is 352 g/mol. The normalized spacial score (nSPS) is 15.4. The Morgan fingerprint density at radius 2 is 1.92 bits per heavy atom. The summed E-state index contributed by atoms with van der Waals surface area (Å²) in [4.78, 5) is 11.3. The molecule has 6 heteroatoms. The summed E-state index contributed by atoms with van der Waals surface area (Å²) < 4.78 is 19.2. The molecule has 0 radical (unpaired) electrons. The van der Waals surface area contributed by atoms with Crippen molar-refractivity contribution in [3.63, 3.8) is 0 Å². The molecular formula is C20H21FN4O. The van der Waals surface area contributed by atoms with Crippen molar-refractivity contribution in [1.82, 2.24) is 15.1 Å². The van der Waals surface area contributed by atoms with Gasteiger partial charge in [-0.15, -0.1) is 0 Å². The van der Waals surface area contributed by atoms with E-state index in [2.05, 4.69) is 32.2 Å². The molecule has 2 aromatic heterocycles. The van der Waals surface area contributed by atoms with Gasteiger partial charge in [-0.1, -0.05) is 23.4 Å². The summed E-state index contributed by atoms with van der Waals surface area (Å²) in [5.74, 6) is 2.07. The van der Waals surface area contributed by atoms with Crippen molar-refractivity contribution in [2.24, 2.45) is 0 Å². The van der Waals surface area contributed by atoms with E-state index in [0.717, 1.165) is 37.3 Å². The number of benzene rings is 1. The van der Waals surface area contributed by atoms with Crippen molar-refractivity contribution in [2.75, 3.05) is 18.0 Å². The van der Waals surface area contributed by atoms with E-state index in [1.165, 1.54) is 6.07 Å². The lowest BCUT2D eigenvalue weighted by Gasteiger charge is -2.31. The highest BCUT2D eigenvalue weighted by molar-refractivity contribution is 5.55. The number of hydrogen-bond donors (Lipinski definition) is 0. The minimum absolute atomic E-state index is 0.230. The zero-order valence-corrected chi connectivity index (χ0v) is 14.9. The number of hydrogen-bond acceptors (Lipinski definition) is 5. The largest absolute Gasteiger partial charge is 0.357 e. The molecule has 3 aromatic rings.